The zero-order chi connectivity index (χ0) is 25.4. The van der Waals surface area contributed by atoms with Crippen LogP contribution in [0.3, 0.4) is 0 Å². The van der Waals surface area contributed by atoms with Crippen LogP contribution in [0, 0.1) is 5.92 Å². The van der Waals surface area contributed by atoms with Crippen LogP contribution in [0.5, 0.6) is 0 Å². The Balaban J connectivity index is 1.61. The van der Waals surface area contributed by atoms with E-state index in [4.69, 9.17) is 4.99 Å². The molecule has 3 aromatic carbocycles. The molecule has 0 atom stereocenters. The lowest BCUT2D eigenvalue weighted by molar-refractivity contribution is 0.795. The molecule has 0 aliphatic carbocycles. The van der Waals surface area contributed by atoms with E-state index in [-0.39, 0.29) is 0 Å². The average Bonchev–Trinajstić information content (AvgIpc) is 3.56. The van der Waals surface area contributed by atoms with Crippen LogP contribution in [-0.4, -0.2) is 15.7 Å². The van der Waals surface area contributed by atoms with Crippen molar-refractivity contribution in [3.63, 3.8) is 0 Å². The third-order valence-corrected chi connectivity index (χ3v) is 8.04. The predicted molar refractivity (Wildman–Crippen MR) is 158 cm³/mol. The van der Waals surface area contributed by atoms with Gasteiger partial charge in [0.25, 0.3) is 0 Å². The highest BCUT2D eigenvalue weighted by atomic mass is 32.1. The highest BCUT2D eigenvalue weighted by Gasteiger charge is 2.16. The highest BCUT2D eigenvalue weighted by molar-refractivity contribution is 7.18. The molecular weight excluding hydrogens is 458 g/mol. The van der Waals surface area contributed by atoms with Gasteiger partial charge in [-0.2, -0.15) is 0 Å². The standard InChI is InChI=1S/C32H35N3S/c1-7-8-26-25-14-13-24(22-9-11-23(12-10-22)29-18-33-32(35-29)20(4)5)17-28(25)31-27(15-16-36-31)30(26)34-21(6)19(2)3/h9-20H,7-8H2,1-6H3,(H,33,35). The molecular formula is C32H35N3S. The van der Waals surface area contributed by atoms with Crippen LogP contribution in [0.15, 0.2) is 65.1 Å². The number of aromatic nitrogens is 2. The van der Waals surface area contributed by atoms with Crippen molar-refractivity contribution in [2.24, 2.45) is 10.9 Å². The van der Waals surface area contributed by atoms with Crippen LogP contribution in [0.1, 0.15) is 65.3 Å². The maximum Gasteiger partial charge on any atom is 0.109 e. The molecule has 4 heteroatoms. The van der Waals surface area contributed by atoms with E-state index in [2.05, 4.69) is 105 Å². The predicted octanol–water partition coefficient (Wildman–Crippen LogP) is 9.94. The summed E-state index contributed by atoms with van der Waals surface area (Å²) >= 11 is 1.82. The van der Waals surface area contributed by atoms with E-state index in [0.717, 1.165) is 29.9 Å². The van der Waals surface area contributed by atoms with Crippen LogP contribution in [0.4, 0.5) is 5.69 Å². The van der Waals surface area contributed by atoms with Gasteiger partial charge in [0.2, 0.25) is 0 Å². The summed E-state index contributed by atoms with van der Waals surface area (Å²) in [6, 6.07) is 18.0. The van der Waals surface area contributed by atoms with Crippen molar-refractivity contribution in [2.75, 3.05) is 0 Å². The molecule has 0 saturated heterocycles. The Morgan fingerprint density at radius 2 is 1.64 bits per heavy atom. The van der Waals surface area contributed by atoms with Gasteiger partial charge in [0, 0.05) is 27.1 Å². The number of hydrogen-bond donors (Lipinski definition) is 1. The van der Waals surface area contributed by atoms with Crippen molar-refractivity contribution in [1.29, 1.82) is 0 Å². The van der Waals surface area contributed by atoms with Gasteiger partial charge in [0.1, 0.15) is 5.82 Å². The van der Waals surface area contributed by atoms with Crippen molar-refractivity contribution >= 4 is 43.6 Å². The van der Waals surface area contributed by atoms with Gasteiger partial charge in [-0.1, -0.05) is 77.4 Å². The highest BCUT2D eigenvalue weighted by Crippen LogP contribution is 2.43. The fourth-order valence-corrected chi connectivity index (χ4v) is 5.65. The van der Waals surface area contributed by atoms with Gasteiger partial charge in [-0.15, -0.1) is 11.3 Å². The van der Waals surface area contributed by atoms with Gasteiger partial charge in [-0.3, -0.25) is 4.99 Å². The first-order valence-electron chi connectivity index (χ1n) is 13.0. The first-order chi connectivity index (χ1) is 17.4. The quantitative estimate of drug-likeness (QED) is 0.225. The van der Waals surface area contributed by atoms with E-state index in [9.17, 15) is 0 Å². The summed E-state index contributed by atoms with van der Waals surface area (Å²) in [7, 11) is 0. The number of hydrogen-bond acceptors (Lipinski definition) is 3. The molecule has 0 aliphatic heterocycles. The Morgan fingerprint density at radius 3 is 2.31 bits per heavy atom. The Bertz CT molecular complexity index is 1550. The summed E-state index contributed by atoms with van der Waals surface area (Å²) in [5.41, 5.74) is 8.43. The van der Waals surface area contributed by atoms with Gasteiger partial charge in [-0.25, -0.2) is 4.98 Å². The second-order valence-electron chi connectivity index (χ2n) is 10.3. The molecule has 0 unspecified atom stereocenters. The van der Waals surface area contributed by atoms with Crippen molar-refractivity contribution in [3.05, 3.63) is 71.5 Å². The number of thiophene rings is 1. The van der Waals surface area contributed by atoms with Crippen molar-refractivity contribution in [3.8, 4) is 22.4 Å². The first-order valence-corrected chi connectivity index (χ1v) is 13.9. The monoisotopic (exact) mass is 493 g/mol. The third-order valence-electron chi connectivity index (χ3n) is 7.09. The molecule has 5 aromatic rings. The maximum atomic E-state index is 5.17. The number of H-pyrrole nitrogens is 1. The Kier molecular flexibility index (Phi) is 6.81. The summed E-state index contributed by atoms with van der Waals surface area (Å²) in [5, 5.41) is 6.16. The molecule has 0 amide bonds. The minimum atomic E-state index is 0.391. The fourth-order valence-electron chi connectivity index (χ4n) is 4.72. The van der Waals surface area contributed by atoms with Gasteiger partial charge < -0.3 is 4.98 Å². The average molecular weight is 494 g/mol. The Morgan fingerprint density at radius 1 is 0.917 bits per heavy atom. The number of aliphatic imine (C=N–C) groups is 1. The zero-order valence-corrected chi connectivity index (χ0v) is 23.0. The summed E-state index contributed by atoms with van der Waals surface area (Å²) in [6.45, 7) is 13.2. The minimum absolute atomic E-state index is 0.391. The molecule has 36 heavy (non-hydrogen) atoms. The Labute approximate surface area is 218 Å². The number of nitrogens with zero attached hydrogens (tertiary/aromatic N) is 2. The van der Waals surface area contributed by atoms with E-state index in [1.807, 2.05) is 17.5 Å². The fraction of sp³-hybridized carbons (Fsp3) is 0.312. The number of benzene rings is 3. The smallest absolute Gasteiger partial charge is 0.109 e. The molecule has 3 nitrogen and oxygen atoms in total. The lowest BCUT2D eigenvalue weighted by Crippen LogP contribution is -2.01. The summed E-state index contributed by atoms with van der Waals surface area (Å²) < 4.78 is 1.33. The molecule has 184 valence electrons. The number of fused-ring (bicyclic) bond motifs is 3. The normalized spacial score (nSPS) is 12.5. The number of imidazole rings is 1. The van der Waals surface area contributed by atoms with E-state index < -0.39 is 0 Å². The van der Waals surface area contributed by atoms with Crippen molar-refractivity contribution in [2.45, 2.75) is 60.3 Å². The topological polar surface area (TPSA) is 41.0 Å². The molecule has 2 aromatic heterocycles. The van der Waals surface area contributed by atoms with E-state index in [1.54, 1.807) is 0 Å². The number of aryl methyl sites for hydroxylation is 1. The van der Waals surface area contributed by atoms with Gasteiger partial charge >= 0.3 is 0 Å². The lowest BCUT2D eigenvalue weighted by atomic mass is 9.93. The minimum Gasteiger partial charge on any atom is -0.342 e. The zero-order valence-electron chi connectivity index (χ0n) is 22.1. The molecule has 5 rings (SSSR count). The van der Waals surface area contributed by atoms with Crippen molar-refractivity contribution in [1.82, 2.24) is 9.97 Å². The number of nitrogens with one attached hydrogen (secondary N) is 1. The molecule has 0 spiro atoms. The Hall–Kier alpha value is -3.24. The van der Waals surface area contributed by atoms with Crippen LogP contribution < -0.4 is 0 Å². The molecule has 0 saturated carbocycles. The van der Waals surface area contributed by atoms with Crippen LogP contribution >= 0.6 is 11.3 Å². The maximum absolute atomic E-state index is 5.17. The molecule has 0 radical (unpaired) electrons. The van der Waals surface area contributed by atoms with E-state index >= 15 is 0 Å². The largest absolute Gasteiger partial charge is 0.342 e. The molecule has 1 N–H and O–H groups in total. The van der Waals surface area contributed by atoms with Gasteiger partial charge in [0.15, 0.2) is 0 Å². The lowest BCUT2D eigenvalue weighted by Gasteiger charge is -2.15. The second kappa shape index (κ2) is 10.0. The SMILES string of the molecule is CCCc1c(N=C(C)C(C)C)c2ccsc2c2cc(-c3ccc(-c4cnc(C(C)C)[nH]4)cc3)ccc12. The van der Waals surface area contributed by atoms with Gasteiger partial charge in [-0.05, 0) is 64.4 Å². The van der Waals surface area contributed by atoms with E-state index in [1.165, 1.54) is 48.9 Å². The van der Waals surface area contributed by atoms with Crippen LogP contribution in [-0.2, 0) is 6.42 Å². The van der Waals surface area contributed by atoms with E-state index in [0.29, 0.717) is 11.8 Å². The van der Waals surface area contributed by atoms with Crippen LogP contribution in [0.2, 0.25) is 0 Å². The number of aromatic amines is 1. The second-order valence-corrected chi connectivity index (χ2v) is 11.2. The summed E-state index contributed by atoms with van der Waals surface area (Å²) in [6.07, 6.45) is 4.07. The molecule has 0 aliphatic rings. The van der Waals surface area contributed by atoms with Crippen molar-refractivity contribution < 1.29 is 0 Å². The molecule has 0 fully saturated rings. The van der Waals surface area contributed by atoms with Crippen LogP contribution in [0.25, 0.3) is 43.2 Å². The van der Waals surface area contributed by atoms with Gasteiger partial charge in [0.05, 0.1) is 17.6 Å². The number of rotatable bonds is 7. The third kappa shape index (κ3) is 4.51. The first kappa shape index (κ1) is 24.5. The molecule has 0 bridgehead atoms. The molecule has 2 heterocycles. The summed E-state index contributed by atoms with van der Waals surface area (Å²) in [5.74, 6) is 1.86. The summed E-state index contributed by atoms with van der Waals surface area (Å²) in [4.78, 5) is 13.2.